The molecule has 0 spiro atoms. The van der Waals surface area contributed by atoms with Crippen LogP contribution in [0.25, 0.3) is 0 Å². The molecule has 30 heavy (non-hydrogen) atoms. The first kappa shape index (κ1) is 20.0. The monoisotopic (exact) mass is 413 g/mol. The fraction of sp³-hybridized carbons (Fsp3) is 0.364. The summed E-state index contributed by atoms with van der Waals surface area (Å²) < 4.78 is 16.3. The third kappa shape index (κ3) is 3.54. The Hall–Kier alpha value is -3.26. The van der Waals surface area contributed by atoms with Gasteiger partial charge in [0.1, 0.15) is 0 Å². The maximum Gasteiger partial charge on any atom is 0.290 e. The second-order valence-corrected chi connectivity index (χ2v) is 7.22. The Morgan fingerprint density at radius 2 is 2.13 bits per heavy atom. The Labute approximate surface area is 173 Å². The van der Waals surface area contributed by atoms with Crippen LogP contribution in [-0.2, 0) is 9.53 Å². The summed E-state index contributed by atoms with van der Waals surface area (Å²) in [5.41, 5.74) is 0.461. The Balaban J connectivity index is 1.78. The predicted octanol–water partition coefficient (Wildman–Crippen LogP) is 3.14. The number of benzene rings is 1. The SMILES string of the molecule is CCOc1cc([C@@H]2C(C(=O)c3ccco3)=C(O)C(=O)N2C[C@@H]2CCCO2)ccc1O. The van der Waals surface area contributed by atoms with Crippen molar-refractivity contribution in [2.45, 2.75) is 31.9 Å². The van der Waals surface area contributed by atoms with Crippen molar-refractivity contribution in [3.05, 3.63) is 59.3 Å². The zero-order chi connectivity index (χ0) is 21.3. The van der Waals surface area contributed by atoms with Gasteiger partial charge in [0.15, 0.2) is 23.0 Å². The number of aliphatic hydroxyl groups excluding tert-OH is 1. The van der Waals surface area contributed by atoms with Gasteiger partial charge in [-0.2, -0.15) is 0 Å². The molecule has 2 atom stereocenters. The number of ketones is 1. The minimum atomic E-state index is -0.862. The first-order chi connectivity index (χ1) is 14.5. The Kier molecular flexibility index (Phi) is 5.50. The van der Waals surface area contributed by atoms with Gasteiger partial charge in [0.25, 0.3) is 5.91 Å². The lowest BCUT2D eigenvalue weighted by Crippen LogP contribution is -2.37. The average Bonchev–Trinajstić information content (AvgIpc) is 3.48. The number of hydrogen-bond acceptors (Lipinski definition) is 7. The second-order valence-electron chi connectivity index (χ2n) is 7.22. The van der Waals surface area contributed by atoms with Crippen LogP contribution in [0, 0.1) is 0 Å². The molecule has 8 nitrogen and oxygen atoms in total. The fourth-order valence-corrected chi connectivity index (χ4v) is 3.94. The molecule has 1 saturated heterocycles. The van der Waals surface area contributed by atoms with E-state index in [2.05, 4.69) is 0 Å². The van der Waals surface area contributed by atoms with Gasteiger partial charge in [0, 0.05) is 13.2 Å². The van der Waals surface area contributed by atoms with E-state index < -0.39 is 23.5 Å². The van der Waals surface area contributed by atoms with Crippen LogP contribution < -0.4 is 4.74 Å². The van der Waals surface area contributed by atoms with Gasteiger partial charge in [-0.25, -0.2) is 0 Å². The zero-order valence-electron chi connectivity index (χ0n) is 16.5. The Morgan fingerprint density at radius 3 is 2.80 bits per heavy atom. The van der Waals surface area contributed by atoms with Crippen LogP contribution in [0.2, 0.25) is 0 Å². The molecule has 2 aromatic rings. The van der Waals surface area contributed by atoms with Gasteiger partial charge in [-0.1, -0.05) is 6.07 Å². The third-order valence-corrected chi connectivity index (χ3v) is 5.32. The predicted molar refractivity (Wildman–Crippen MR) is 105 cm³/mol. The second kappa shape index (κ2) is 8.23. The summed E-state index contributed by atoms with van der Waals surface area (Å²) >= 11 is 0. The molecule has 2 aliphatic heterocycles. The molecule has 4 rings (SSSR count). The van der Waals surface area contributed by atoms with E-state index in [-0.39, 0.29) is 35.5 Å². The lowest BCUT2D eigenvalue weighted by Gasteiger charge is -2.29. The fourth-order valence-electron chi connectivity index (χ4n) is 3.94. The van der Waals surface area contributed by atoms with Crippen molar-refractivity contribution >= 4 is 11.7 Å². The number of furan rings is 1. The minimum Gasteiger partial charge on any atom is -0.504 e. The Bertz CT molecular complexity index is 973. The van der Waals surface area contributed by atoms with Gasteiger partial charge in [-0.15, -0.1) is 0 Å². The lowest BCUT2D eigenvalue weighted by molar-refractivity contribution is -0.131. The maximum atomic E-state index is 13.1. The largest absolute Gasteiger partial charge is 0.504 e. The number of phenols is 1. The molecular weight excluding hydrogens is 390 g/mol. The van der Waals surface area contributed by atoms with Gasteiger partial charge in [0.05, 0.1) is 30.6 Å². The van der Waals surface area contributed by atoms with E-state index in [4.69, 9.17) is 13.9 Å². The van der Waals surface area contributed by atoms with E-state index in [1.54, 1.807) is 25.1 Å². The molecule has 0 saturated carbocycles. The summed E-state index contributed by atoms with van der Waals surface area (Å²) in [5.74, 6) is -1.62. The highest BCUT2D eigenvalue weighted by molar-refractivity contribution is 6.15. The van der Waals surface area contributed by atoms with Gasteiger partial charge in [-0.3, -0.25) is 9.59 Å². The molecule has 0 aliphatic carbocycles. The normalized spacial score (nSPS) is 21.5. The minimum absolute atomic E-state index is 0.0251. The molecule has 0 unspecified atom stereocenters. The summed E-state index contributed by atoms with van der Waals surface area (Å²) in [4.78, 5) is 27.5. The number of nitrogens with zero attached hydrogens (tertiary/aromatic N) is 1. The highest BCUT2D eigenvalue weighted by Crippen LogP contribution is 2.42. The number of carbonyl (C=O) groups excluding carboxylic acids is 2. The van der Waals surface area contributed by atoms with Crippen molar-refractivity contribution in [3.8, 4) is 11.5 Å². The van der Waals surface area contributed by atoms with Crippen molar-refractivity contribution in [3.63, 3.8) is 0 Å². The van der Waals surface area contributed by atoms with Crippen LogP contribution >= 0.6 is 0 Å². The van der Waals surface area contributed by atoms with Gasteiger partial charge < -0.3 is 29.0 Å². The molecule has 2 N–H and O–H groups in total. The van der Waals surface area contributed by atoms with E-state index in [0.29, 0.717) is 18.8 Å². The number of aliphatic hydroxyl groups is 1. The molecule has 1 fully saturated rings. The van der Waals surface area contributed by atoms with Crippen molar-refractivity contribution < 1.29 is 33.7 Å². The van der Waals surface area contributed by atoms with Crippen LogP contribution in [0.4, 0.5) is 0 Å². The third-order valence-electron chi connectivity index (χ3n) is 5.32. The highest BCUT2D eigenvalue weighted by Gasteiger charge is 2.45. The summed E-state index contributed by atoms with van der Waals surface area (Å²) in [7, 11) is 0. The molecule has 1 aromatic carbocycles. The van der Waals surface area contributed by atoms with E-state index in [1.807, 2.05) is 0 Å². The molecule has 3 heterocycles. The van der Waals surface area contributed by atoms with E-state index >= 15 is 0 Å². The average molecular weight is 413 g/mol. The van der Waals surface area contributed by atoms with Crippen molar-refractivity contribution in [2.24, 2.45) is 0 Å². The van der Waals surface area contributed by atoms with E-state index in [1.165, 1.54) is 23.3 Å². The molecule has 1 aromatic heterocycles. The molecule has 2 aliphatic rings. The summed E-state index contributed by atoms with van der Waals surface area (Å²) in [6.07, 6.45) is 2.86. The van der Waals surface area contributed by atoms with E-state index in [0.717, 1.165) is 12.8 Å². The van der Waals surface area contributed by atoms with E-state index in [9.17, 15) is 19.8 Å². The van der Waals surface area contributed by atoms with Gasteiger partial charge in [0.2, 0.25) is 5.78 Å². The number of carbonyl (C=O) groups is 2. The highest BCUT2D eigenvalue weighted by atomic mass is 16.5. The Morgan fingerprint density at radius 1 is 1.30 bits per heavy atom. The molecule has 1 amide bonds. The number of ether oxygens (including phenoxy) is 2. The topological polar surface area (TPSA) is 109 Å². The molecular formula is C22H23NO7. The number of rotatable bonds is 7. The van der Waals surface area contributed by atoms with Crippen LogP contribution in [0.15, 0.2) is 52.3 Å². The molecule has 0 radical (unpaired) electrons. The van der Waals surface area contributed by atoms with Crippen LogP contribution in [0.5, 0.6) is 11.5 Å². The smallest absolute Gasteiger partial charge is 0.290 e. The zero-order valence-corrected chi connectivity index (χ0v) is 16.5. The van der Waals surface area contributed by atoms with Gasteiger partial charge in [-0.05, 0) is 49.6 Å². The van der Waals surface area contributed by atoms with Gasteiger partial charge >= 0.3 is 0 Å². The van der Waals surface area contributed by atoms with Crippen LogP contribution in [0.3, 0.4) is 0 Å². The maximum absolute atomic E-state index is 13.1. The summed E-state index contributed by atoms with van der Waals surface area (Å²) in [6, 6.07) is 6.81. The lowest BCUT2D eigenvalue weighted by atomic mass is 9.94. The number of aromatic hydroxyl groups is 1. The summed E-state index contributed by atoms with van der Waals surface area (Å²) in [5, 5.41) is 20.7. The van der Waals surface area contributed by atoms with Crippen molar-refractivity contribution in [1.82, 2.24) is 4.90 Å². The number of phenolic OH excluding ortho intramolecular Hbond substituents is 1. The first-order valence-corrected chi connectivity index (χ1v) is 9.90. The number of amides is 1. The summed E-state index contributed by atoms with van der Waals surface area (Å²) in [6.45, 7) is 2.96. The van der Waals surface area contributed by atoms with Crippen molar-refractivity contribution in [2.75, 3.05) is 19.8 Å². The van der Waals surface area contributed by atoms with Crippen LogP contribution in [0.1, 0.15) is 41.9 Å². The number of hydrogen-bond donors (Lipinski definition) is 2. The molecule has 158 valence electrons. The number of Topliss-reactive ketones (excluding diaryl/α,β-unsaturated/α-hetero) is 1. The van der Waals surface area contributed by atoms with Crippen molar-refractivity contribution in [1.29, 1.82) is 0 Å². The molecule has 8 heteroatoms. The first-order valence-electron chi connectivity index (χ1n) is 9.90. The van der Waals surface area contributed by atoms with Crippen LogP contribution in [-0.4, -0.2) is 52.7 Å². The molecule has 0 bridgehead atoms. The quantitative estimate of drug-likeness (QED) is 0.671. The standard InChI is InChI=1S/C22H23NO7/c1-2-28-17-11-13(7-8-15(17)24)19-18(20(25)16-6-4-10-30-16)21(26)22(27)23(19)12-14-5-3-9-29-14/h4,6-8,10-11,14,19,24,26H,2-3,5,9,12H2,1H3/t14-,19+/m0/s1.